The van der Waals surface area contributed by atoms with E-state index in [1.807, 2.05) is 25.1 Å². The first-order valence-corrected chi connectivity index (χ1v) is 12.0. The van der Waals surface area contributed by atoms with Gasteiger partial charge in [0.2, 0.25) is 5.91 Å². The number of amides is 2. The lowest BCUT2D eigenvalue weighted by atomic mass is 10.1. The fourth-order valence-electron chi connectivity index (χ4n) is 4.19. The normalized spacial score (nSPS) is 14.4. The van der Waals surface area contributed by atoms with Gasteiger partial charge in [0.1, 0.15) is 23.3 Å². The summed E-state index contributed by atoms with van der Waals surface area (Å²) in [7, 11) is 3.09. The number of rotatable bonds is 11. The Kier molecular flexibility index (Phi) is 9.45. The maximum atomic E-state index is 13.4. The minimum Gasteiger partial charge on any atom is -0.496 e. The lowest BCUT2D eigenvalue weighted by Gasteiger charge is -2.31. The van der Waals surface area contributed by atoms with Gasteiger partial charge in [-0.05, 0) is 30.9 Å². The van der Waals surface area contributed by atoms with E-state index in [9.17, 15) is 9.59 Å². The van der Waals surface area contributed by atoms with Crippen molar-refractivity contribution in [2.75, 3.05) is 20.8 Å². The average Bonchev–Trinajstić information content (AvgIpc) is 3.36. The van der Waals surface area contributed by atoms with Crippen LogP contribution in [0, 0.1) is 0 Å². The van der Waals surface area contributed by atoms with Crippen LogP contribution in [0.25, 0.3) is 0 Å². The van der Waals surface area contributed by atoms with E-state index in [1.165, 1.54) is 0 Å². The van der Waals surface area contributed by atoms with Crippen molar-refractivity contribution < 1.29 is 23.8 Å². The molecule has 2 aromatic carbocycles. The fourth-order valence-corrected chi connectivity index (χ4v) is 4.39. The van der Waals surface area contributed by atoms with Crippen LogP contribution in [0.5, 0.6) is 17.2 Å². The Morgan fingerprint density at radius 2 is 1.68 bits per heavy atom. The van der Waals surface area contributed by atoms with Crippen LogP contribution >= 0.6 is 11.6 Å². The minimum absolute atomic E-state index is 0.141. The number of hydrogen-bond donors (Lipinski definition) is 1. The monoisotopic (exact) mass is 488 g/mol. The summed E-state index contributed by atoms with van der Waals surface area (Å²) >= 11 is 6.38. The highest BCUT2D eigenvalue weighted by Crippen LogP contribution is 2.28. The van der Waals surface area contributed by atoms with Gasteiger partial charge in [0.05, 0.1) is 14.2 Å². The van der Waals surface area contributed by atoms with Crippen molar-refractivity contribution in [2.24, 2.45) is 0 Å². The van der Waals surface area contributed by atoms with Crippen molar-refractivity contribution in [3.63, 3.8) is 0 Å². The van der Waals surface area contributed by atoms with E-state index in [-0.39, 0.29) is 31.0 Å². The van der Waals surface area contributed by atoms with Crippen molar-refractivity contribution in [1.29, 1.82) is 0 Å². The maximum Gasteiger partial charge on any atom is 0.261 e. The molecule has 8 heteroatoms. The van der Waals surface area contributed by atoms with Gasteiger partial charge in [-0.3, -0.25) is 9.59 Å². The summed E-state index contributed by atoms with van der Waals surface area (Å²) in [4.78, 5) is 28.1. The smallest absolute Gasteiger partial charge is 0.261 e. The van der Waals surface area contributed by atoms with Gasteiger partial charge >= 0.3 is 0 Å². The second-order valence-electron chi connectivity index (χ2n) is 8.36. The van der Waals surface area contributed by atoms with Crippen molar-refractivity contribution in [3.8, 4) is 17.2 Å². The lowest BCUT2D eigenvalue weighted by Crippen LogP contribution is -2.52. The molecule has 2 amide bonds. The van der Waals surface area contributed by atoms with Crippen molar-refractivity contribution in [3.05, 3.63) is 53.1 Å². The highest BCUT2D eigenvalue weighted by molar-refractivity contribution is 6.31. The number of nitrogens with one attached hydrogen (secondary N) is 1. The third kappa shape index (κ3) is 6.79. The molecule has 2 aromatic rings. The third-order valence-electron chi connectivity index (χ3n) is 6.07. The van der Waals surface area contributed by atoms with Crippen molar-refractivity contribution in [1.82, 2.24) is 10.2 Å². The SMILES string of the molecule is CCC(C(=O)NC1CCCC1)N(Cc1ccccc1Cl)C(=O)COc1cc(OC)cc(OC)c1. The highest BCUT2D eigenvalue weighted by atomic mass is 35.5. The Morgan fingerprint density at radius 1 is 1.06 bits per heavy atom. The number of nitrogens with zero attached hydrogens (tertiary/aromatic N) is 1. The summed E-state index contributed by atoms with van der Waals surface area (Å²) in [6.07, 6.45) is 4.65. The van der Waals surface area contributed by atoms with Crippen LogP contribution in [0.3, 0.4) is 0 Å². The van der Waals surface area contributed by atoms with Crippen LogP contribution in [0.1, 0.15) is 44.6 Å². The Morgan fingerprint density at radius 3 is 2.26 bits per heavy atom. The molecule has 7 nitrogen and oxygen atoms in total. The first kappa shape index (κ1) is 25.7. The molecule has 3 rings (SSSR count). The van der Waals surface area contributed by atoms with Crippen LogP contribution in [-0.4, -0.2) is 49.6 Å². The van der Waals surface area contributed by atoms with Gasteiger partial charge in [0, 0.05) is 35.8 Å². The Hall–Kier alpha value is -2.93. The summed E-state index contributed by atoms with van der Waals surface area (Å²) in [5.41, 5.74) is 0.771. The van der Waals surface area contributed by atoms with Crippen LogP contribution < -0.4 is 19.5 Å². The first-order valence-electron chi connectivity index (χ1n) is 11.6. The topological polar surface area (TPSA) is 77.1 Å². The van der Waals surface area contributed by atoms with Gasteiger partial charge < -0.3 is 24.4 Å². The van der Waals surface area contributed by atoms with Crippen molar-refractivity contribution in [2.45, 2.75) is 57.7 Å². The Balaban J connectivity index is 1.79. The molecule has 1 saturated carbocycles. The molecule has 1 N–H and O–H groups in total. The van der Waals surface area contributed by atoms with E-state index in [4.69, 9.17) is 25.8 Å². The molecule has 1 aliphatic rings. The predicted octanol–water partition coefficient (Wildman–Crippen LogP) is 4.60. The molecule has 0 heterocycles. The molecule has 0 aliphatic heterocycles. The van der Waals surface area contributed by atoms with Crippen LogP contribution in [0.15, 0.2) is 42.5 Å². The van der Waals surface area contributed by atoms with E-state index < -0.39 is 6.04 Å². The maximum absolute atomic E-state index is 13.4. The second kappa shape index (κ2) is 12.5. The van der Waals surface area contributed by atoms with Crippen LogP contribution in [0.2, 0.25) is 5.02 Å². The molecule has 0 bridgehead atoms. The van der Waals surface area contributed by atoms with Gasteiger partial charge in [0.25, 0.3) is 5.91 Å². The zero-order valence-corrected chi connectivity index (χ0v) is 20.8. The number of hydrogen-bond acceptors (Lipinski definition) is 5. The molecule has 1 atom stereocenters. The average molecular weight is 489 g/mol. The second-order valence-corrected chi connectivity index (χ2v) is 8.77. The summed E-state index contributed by atoms with van der Waals surface area (Å²) < 4.78 is 16.3. The van der Waals surface area contributed by atoms with Crippen molar-refractivity contribution >= 4 is 23.4 Å². The molecular weight excluding hydrogens is 456 g/mol. The molecular formula is C26H33ClN2O5. The van der Waals surface area contributed by atoms with E-state index in [0.717, 1.165) is 31.2 Å². The quantitative estimate of drug-likeness (QED) is 0.500. The molecule has 0 spiro atoms. The van der Waals surface area contributed by atoms with E-state index in [1.54, 1.807) is 43.4 Å². The van der Waals surface area contributed by atoms with E-state index in [2.05, 4.69) is 5.32 Å². The summed E-state index contributed by atoms with van der Waals surface area (Å²) in [6.45, 7) is 1.87. The van der Waals surface area contributed by atoms with Gasteiger partial charge in [0.15, 0.2) is 6.61 Å². The largest absolute Gasteiger partial charge is 0.496 e. The number of benzene rings is 2. The lowest BCUT2D eigenvalue weighted by molar-refractivity contribution is -0.143. The summed E-state index contributed by atoms with van der Waals surface area (Å²) in [6, 6.07) is 11.9. The molecule has 1 aliphatic carbocycles. The van der Waals surface area contributed by atoms with Gasteiger partial charge in [-0.2, -0.15) is 0 Å². The number of ether oxygens (including phenoxy) is 3. The zero-order valence-electron chi connectivity index (χ0n) is 20.0. The Labute approximate surface area is 206 Å². The van der Waals surface area contributed by atoms with Crippen LogP contribution in [-0.2, 0) is 16.1 Å². The van der Waals surface area contributed by atoms with Gasteiger partial charge in [-0.1, -0.05) is 49.6 Å². The number of methoxy groups -OCH3 is 2. The number of halogens is 1. The highest BCUT2D eigenvalue weighted by Gasteiger charge is 2.31. The van der Waals surface area contributed by atoms with Crippen LogP contribution in [0.4, 0.5) is 0 Å². The molecule has 1 unspecified atom stereocenters. The standard InChI is InChI=1S/C26H33ClN2O5/c1-4-24(26(31)28-19-10-6-7-11-19)29(16-18-9-5-8-12-23(18)27)25(30)17-34-22-14-20(32-2)13-21(15-22)33-3/h5,8-9,12-15,19,24H,4,6-7,10-11,16-17H2,1-3H3,(H,28,31). The molecule has 0 radical (unpaired) electrons. The molecule has 34 heavy (non-hydrogen) atoms. The van der Waals surface area contributed by atoms with E-state index in [0.29, 0.717) is 28.7 Å². The number of carbonyl (C=O) groups excluding carboxylic acids is 2. The summed E-state index contributed by atoms with van der Waals surface area (Å²) in [5.74, 6) is 1.09. The number of carbonyl (C=O) groups is 2. The summed E-state index contributed by atoms with van der Waals surface area (Å²) in [5, 5.41) is 3.68. The molecule has 0 aromatic heterocycles. The van der Waals surface area contributed by atoms with Gasteiger partial charge in [-0.15, -0.1) is 0 Å². The zero-order chi connectivity index (χ0) is 24.5. The molecule has 1 fully saturated rings. The van der Waals surface area contributed by atoms with E-state index >= 15 is 0 Å². The minimum atomic E-state index is -0.632. The third-order valence-corrected chi connectivity index (χ3v) is 6.44. The fraction of sp³-hybridized carbons (Fsp3) is 0.462. The molecule has 184 valence electrons. The predicted molar refractivity (Wildman–Crippen MR) is 132 cm³/mol. The first-order chi connectivity index (χ1) is 16.4. The Bertz CT molecular complexity index is 955. The molecule has 0 saturated heterocycles. The van der Waals surface area contributed by atoms with Gasteiger partial charge in [-0.25, -0.2) is 0 Å².